The van der Waals surface area contributed by atoms with E-state index in [1.54, 1.807) is 0 Å². The van der Waals surface area contributed by atoms with E-state index in [9.17, 15) is 4.79 Å². The van der Waals surface area contributed by atoms with Crippen LogP contribution >= 0.6 is 11.6 Å². The fourth-order valence-corrected chi connectivity index (χ4v) is 3.42. The summed E-state index contributed by atoms with van der Waals surface area (Å²) in [7, 11) is 0. The number of fused-ring (bicyclic) bond motifs is 1. The monoisotopic (exact) mass is 299 g/mol. The molecule has 2 atom stereocenters. The molecule has 2 nitrogen and oxygen atoms in total. The number of rotatable bonds is 4. The number of anilines is 1. The fraction of sp³-hybridized carbons (Fsp3) is 0.278. The van der Waals surface area contributed by atoms with Crippen molar-refractivity contribution in [2.45, 2.75) is 31.1 Å². The Labute approximate surface area is 130 Å². The Morgan fingerprint density at radius 1 is 1.14 bits per heavy atom. The van der Waals surface area contributed by atoms with E-state index in [-0.39, 0.29) is 17.2 Å². The van der Waals surface area contributed by atoms with Gasteiger partial charge in [0.05, 0.1) is 11.8 Å². The fourth-order valence-electron chi connectivity index (χ4n) is 2.96. The molecule has 0 radical (unpaired) electrons. The first-order valence-electron chi connectivity index (χ1n) is 7.30. The smallest absolute Gasteiger partial charge is 0.228 e. The predicted octanol–water partition coefficient (Wildman–Crippen LogP) is 4.65. The van der Waals surface area contributed by atoms with Crippen molar-refractivity contribution in [2.24, 2.45) is 0 Å². The lowest BCUT2D eigenvalue weighted by Gasteiger charge is -2.22. The molecule has 1 amide bonds. The van der Waals surface area contributed by atoms with Crippen LogP contribution in [-0.4, -0.2) is 5.91 Å². The molecule has 1 aliphatic heterocycles. The van der Waals surface area contributed by atoms with Crippen molar-refractivity contribution in [1.29, 1.82) is 0 Å². The number of benzene rings is 2. The van der Waals surface area contributed by atoms with Crippen LogP contribution in [0, 0.1) is 0 Å². The Balaban J connectivity index is 1.89. The van der Waals surface area contributed by atoms with Crippen LogP contribution in [0.1, 0.15) is 41.3 Å². The van der Waals surface area contributed by atoms with Gasteiger partial charge in [-0.15, -0.1) is 11.6 Å². The summed E-state index contributed by atoms with van der Waals surface area (Å²) < 4.78 is 0. The van der Waals surface area contributed by atoms with E-state index in [1.807, 2.05) is 30.3 Å². The molecule has 0 aromatic heterocycles. The van der Waals surface area contributed by atoms with Crippen molar-refractivity contribution in [2.75, 3.05) is 5.32 Å². The Bertz CT molecular complexity index is 654. The highest BCUT2D eigenvalue weighted by Crippen LogP contribution is 2.40. The van der Waals surface area contributed by atoms with Gasteiger partial charge in [0.2, 0.25) is 5.91 Å². The average molecular weight is 300 g/mol. The normalized spacial score (nSPS) is 16.2. The Kier molecular flexibility index (Phi) is 3.98. The van der Waals surface area contributed by atoms with Gasteiger partial charge in [-0.3, -0.25) is 4.79 Å². The van der Waals surface area contributed by atoms with Crippen LogP contribution < -0.4 is 5.32 Å². The summed E-state index contributed by atoms with van der Waals surface area (Å²) in [5.74, 6) is 0.333. The quantitative estimate of drug-likeness (QED) is 0.818. The second-order valence-electron chi connectivity index (χ2n) is 5.47. The highest BCUT2D eigenvalue weighted by molar-refractivity contribution is 6.21. The summed E-state index contributed by atoms with van der Waals surface area (Å²) in [5.41, 5.74) is 4.31. The van der Waals surface area contributed by atoms with Crippen molar-refractivity contribution >= 4 is 23.2 Å². The molecule has 1 heterocycles. The summed E-state index contributed by atoms with van der Waals surface area (Å²) >= 11 is 6.74. The van der Waals surface area contributed by atoms with E-state index in [2.05, 4.69) is 30.4 Å². The molecule has 2 aromatic carbocycles. The van der Waals surface area contributed by atoms with Gasteiger partial charge in [0.15, 0.2) is 0 Å². The van der Waals surface area contributed by atoms with Crippen molar-refractivity contribution < 1.29 is 4.79 Å². The first kappa shape index (κ1) is 14.2. The largest absolute Gasteiger partial charge is 0.326 e. The first-order chi connectivity index (χ1) is 10.2. The van der Waals surface area contributed by atoms with Gasteiger partial charge in [-0.1, -0.05) is 49.4 Å². The molecule has 2 unspecified atom stereocenters. The lowest BCUT2D eigenvalue weighted by molar-refractivity contribution is -0.115. The van der Waals surface area contributed by atoms with Gasteiger partial charge in [0, 0.05) is 11.6 Å². The molecule has 21 heavy (non-hydrogen) atoms. The SMILES string of the molecule is CCC(c1ccccc1)C(Cl)c1ccc2c(c1)CC(=O)N2. The van der Waals surface area contributed by atoms with Gasteiger partial charge in [-0.25, -0.2) is 0 Å². The molecular weight excluding hydrogens is 282 g/mol. The summed E-state index contributed by atoms with van der Waals surface area (Å²) in [6.07, 6.45) is 1.43. The van der Waals surface area contributed by atoms with Gasteiger partial charge in [-0.05, 0) is 29.2 Å². The summed E-state index contributed by atoms with van der Waals surface area (Å²) in [4.78, 5) is 11.4. The van der Waals surface area contributed by atoms with Crippen molar-refractivity contribution in [3.63, 3.8) is 0 Å². The zero-order valence-electron chi connectivity index (χ0n) is 12.0. The molecule has 0 fully saturated rings. The molecule has 1 N–H and O–H groups in total. The van der Waals surface area contributed by atoms with Crippen LogP contribution in [0.15, 0.2) is 48.5 Å². The van der Waals surface area contributed by atoms with E-state index >= 15 is 0 Å². The number of carbonyl (C=O) groups excluding carboxylic acids is 1. The van der Waals surface area contributed by atoms with E-state index in [4.69, 9.17) is 11.6 Å². The summed E-state index contributed by atoms with van der Waals surface area (Å²) in [5, 5.41) is 2.77. The number of alkyl halides is 1. The van der Waals surface area contributed by atoms with Crippen LogP contribution in [0.3, 0.4) is 0 Å². The van der Waals surface area contributed by atoms with Crippen LogP contribution in [0.5, 0.6) is 0 Å². The van der Waals surface area contributed by atoms with Crippen molar-refractivity contribution in [3.8, 4) is 0 Å². The molecule has 0 saturated heterocycles. The zero-order valence-corrected chi connectivity index (χ0v) is 12.7. The molecule has 3 heteroatoms. The second kappa shape index (κ2) is 5.90. The lowest BCUT2D eigenvalue weighted by atomic mass is 9.88. The first-order valence-corrected chi connectivity index (χ1v) is 7.74. The number of nitrogens with one attached hydrogen (secondary N) is 1. The van der Waals surface area contributed by atoms with Gasteiger partial charge in [-0.2, -0.15) is 0 Å². The van der Waals surface area contributed by atoms with Crippen LogP contribution in [-0.2, 0) is 11.2 Å². The third-order valence-corrected chi connectivity index (χ3v) is 4.65. The average Bonchev–Trinajstić information content (AvgIpc) is 2.88. The van der Waals surface area contributed by atoms with Gasteiger partial charge < -0.3 is 5.32 Å². The van der Waals surface area contributed by atoms with Crippen molar-refractivity contribution in [1.82, 2.24) is 0 Å². The van der Waals surface area contributed by atoms with Crippen molar-refractivity contribution in [3.05, 3.63) is 65.2 Å². The topological polar surface area (TPSA) is 29.1 Å². The lowest BCUT2D eigenvalue weighted by Crippen LogP contribution is -2.06. The minimum Gasteiger partial charge on any atom is -0.326 e. The zero-order chi connectivity index (χ0) is 14.8. The minimum absolute atomic E-state index is 0.0587. The van der Waals surface area contributed by atoms with E-state index in [1.165, 1.54) is 5.56 Å². The highest BCUT2D eigenvalue weighted by Gasteiger charge is 2.24. The van der Waals surface area contributed by atoms with Crippen LogP contribution in [0.25, 0.3) is 0 Å². The van der Waals surface area contributed by atoms with Gasteiger partial charge in [0.25, 0.3) is 0 Å². The number of hydrogen-bond donors (Lipinski definition) is 1. The molecule has 0 saturated carbocycles. The maximum atomic E-state index is 11.4. The van der Waals surface area contributed by atoms with Gasteiger partial charge >= 0.3 is 0 Å². The Hall–Kier alpha value is -1.80. The highest BCUT2D eigenvalue weighted by atomic mass is 35.5. The second-order valence-corrected chi connectivity index (χ2v) is 5.94. The molecule has 1 aliphatic rings. The third kappa shape index (κ3) is 2.81. The summed E-state index contributed by atoms with van der Waals surface area (Å²) in [6, 6.07) is 16.4. The van der Waals surface area contributed by atoms with Crippen LogP contribution in [0.2, 0.25) is 0 Å². The standard InChI is InChI=1S/C18H18ClNO/c1-2-15(12-6-4-3-5-7-12)18(19)13-8-9-16-14(10-13)11-17(21)20-16/h3-10,15,18H,2,11H2,1H3,(H,20,21). The Morgan fingerprint density at radius 3 is 2.62 bits per heavy atom. The van der Waals surface area contributed by atoms with E-state index < -0.39 is 0 Å². The number of hydrogen-bond acceptors (Lipinski definition) is 1. The molecular formula is C18H18ClNO. The molecule has 0 bridgehead atoms. The van der Waals surface area contributed by atoms with E-state index in [0.29, 0.717) is 6.42 Å². The van der Waals surface area contributed by atoms with Crippen LogP contribution in [0.4, 0.5) is 5.69 Å². The maximum Gasteiger partial charge on any atom is 0.228 e. The number of carbonyl (C=O) groups is 1. The third-order valence-electron chi connectivity index (χ3n) is 4.09. The molecule has 0 spiro atoms. The maximum absolute atomic E-state index is 11.4. The molecule has 108 valence electrons. The predicted molar refractivity (Wildman–Crippen MR) is 86.8 cm³/mol. The summed E-state index contributed by atoms with van der Waals surface area (Å²) in [6.45, 7) is 2.16. The molecule has 0 aliphatic carbocycles. The minimum atomic E-state index is -0.0848. The molecule has 3 rings (SSSR count). The number of halogens is 1. The van der Waals surface area contributed by atoms with E-state index in [0.717, 1.165) is 23.2 Å². The number of amides is 1. The van der Waals surface area contributed by atoms with Gasteiger partial charge in [0.1, 0.15) is 0 Å². The Morgan fingerprint density at radius 2 is 1.90 bits per heavy atom. The molecule has 2 aromatic rings.